The number of furan rings is 1. The summed E-state index contributed by atoms with van der Waals surface area (Å²) in [5.74, 6) is 2.21. The first-order valence-electron chi connectivity index (χ1n) is 9.17. The van der Waals surface area contributed by atoms with Crippen molar-refractivity contribution >= 4 is 16.9 Å². The van der Waals surface area contributed by atoms with Gasteiger partial charge in [-0.3, -0.25) is 0 Å². The van der Waals surface area contributed by atoms with E-state index in [1.54, 1.807) is 0 Å². The van der Waals surface area contributed by atoms with Crippen LogP contribution in [0.15, 0.2) is 47.3 Å². The maximum atomic E-state index is 5.58. The van der Waals surface area contributed by atoms with E-state index in [1.165, 1.54) is 19.2 Å². The van der Waals surface area contributed by atoms with Crippen molar-refractivity contribution in [2.45, 2.75) is 38.6 Å². The van der Waals surface area contributed by atoms with Gasteiger partial charge in [0, 0.05) is 12.0 Å². The Balaban J connectivity index is 1.35. The fourth-order valence-corrected chi connectivity index (χ4v) is 3.26. The first-order chi connectivity index (χ1) is 13.2. The quantitative estimate of drug-likeness (QED) is 0.575. The molecule has 1 atom stereocenters. The zero-order valence-electron chi connectivity index (χ0n) is 15.3. The number of nitrogens with zero attached hydrogens (tertiary/aromatic N) is 5. The van der Waals surface area contributed by atoms with Gasteiger partial charge in [-0.15, -0.1) is 5.10 Å². The molecular formula is C20H20N6O. The highest BCUT2D eigenvalue weighted by atomic mass is 16.3. The standard InChI is InChI=1S/C20H20N6O/c1-12-9-17-19(21-11-22-20(17)27-12)23-13(2)14-5-7-16(8-6-14)26-10-18(24-25-26)15-3-4-15/h5-11,13,15H,3-4H2,1-2H3,(H,21,22,23). The van der Waals surface area contributed by atoms with E-state index in [9.17, 15) is 0 Å². The Hall–Kier alpha value is -3.22. The monoisotopic (exact) mass is 360 g/mol. The van der Waals surface area contributed by atoms with Crippen molar-refractivity contribution in [2.24, 2.45) is 0 Å². The number of nitrogens with one attached hydrogen (secondary N) is 1. The van der Waals surface area contributed by atoms with Gasteiger partial charge < -0.3 is 9.73 Å². The molecule has 7 nitrogen and oxygen atoms in total. The van der Waals surface area contributed by atoms with Crippen LogP contribution in [-0.4, -0.2) is 25.0 Å². The number of benzene rings is 1. The predicted octanol–water partition coefficient (Wildman–Crippen LogP) is 4.16. The largest absolute Gasteiger partial charge is 0.443 e. The lowest BCUT2D eigenvalue weighted by Gasteiger charge is -2.15. The Morgan fingerprint density at radius 2 is 2.00 bits per heavy atom. The van der Waals surface area contributed by atoms with Crippen LogP contribution in [0.5, 0.6) is 0 Å². The molecule has 0 amide bonds. The molecule has 1 aliphatic carbocycles. The van der Waals surface area contributed by atoms with E-state index in [0.29, 0.717) is 11.6 Å². The number of fused-ring (bicyclic) bond motifs is 1. The normalized spacial score (nSPS) is 15.2. The summed E-state index contributed by atoms with van der Waals surface area (Å²) in [4.78, 5) is 8.54. The lowest BCUT2D eigenvalue weighted by atomic mass is 10.1. The minimum absolute atomic E-state index is 0.0881. The lowest BCUT2D eigenvalue weighted by molar-refractivity contribution is 0.567. The molecule has 1 N–H and O–H groups in total. The molecule has 0 radical (unpaired) electrons. The average molecular weight is 360 g/mol. The second-order valence-corrected chi connectivity index (χ2v) is 7.12. The molecule has 1 unspecified atom stereocenters. The second-order valence-electron chi connectivity index (χ2n) is 7.12. The molecule has 1 aromatic carbocycles. The fraction of sp³-hybridized carbons (Fsp3) is 0.300. The minimum atomic E-state index is 0.0881. The Morgan fingerprint density at radius 3 is 2.78 bits per heavy atom. The minimum Gasteiger partial charge on any atom is -0.443 e. The van der Waals surface area contributed by atoms with Gasteiger partial charge in [-0.05, 0) is 50.5 Å². The molecule has 0 saturated heterocycles. The maximum Gasteiger partial charge on any atom is 0.231 e. The van der Waals surface area contributed by atoms with E-state index >= 15 is 0 Å². The van der Waals surface area contributed by atoms with Crippen molar-refractivity contribution < 1.29 is 4.42 Å². The van der Waals surface area contributed by atoms with Gasteiger partial charge in [0.15, 0.2) is 0 Å². The molecular weight excluding hydrogens is 340 g/mol. The van der Waals surface area contributed by atoms with Gasteiger partial charge in [-0.2, -0.15) is 0 Å². The van der Waals surface area contributed by atoms with Crippen molar-refractivity contribution in [3.63, 3.8) is 0 Å². The summed E-state index contributed by atoms with van der Waals surface area (Å²) < 4.78 is 7.42. The van der Waals surface area contributed by atoms with Crippen LogP contribution in [0.3, 0.4) is 0 Å². The van der Waals surface area contributed by atoms with Crippen LogP contribution in [0.25, 0.3) is 16.8 Å². The molecule has 3 heterocycles. The van der Waals surface area contributed by atoms with E-state index < -0.39 is 0 Å². The number of anilines is 1. The summed E-state index contributed by atoms with van der Waals surface area (Å²) >= 11 is 0. The van der Waals surface area contributed by atoms with Crippen LogP contribution in [0, 0.1) is 6.92 Å². The van der Waals surface area contributed by atoms with Gasteiger partial charge in [-0.1, -0.05) is 17.3 Å². The third kappa shape index (κ3) is 3.05. The number of hydrogen-bond donors (Lipinski definition) is 1. The third-order valence-corrected chi connectivity index (χ3v) is 4.97. The topological polar surface area (TPSA) is 81.7 Å². The molecule has 27 heavy (non-hydrogen) atoms. The summed E-state index contributed by atoms with van der Waals surface area (Å²) in [6, 6.07) is 10.4. The summed E-state index contributed by atoms with van der Waals surface area (Å²) in [5.41, 5.74) is 3.87. The second kappa shape index (κ2) is 6.19. The Bertz CT molecular complexity index is 1090. The molecule has 5 rings (SSSR count). The van der Waals surface area contributed by atoms with Crippen molar-refractivity contribution in [1.29, 1.82) is 0 Å². The zero-order chi connectivity index (χ0) is 18.4. The lowest BCUT2D eigenvalue weighted by Crippen LogP contribution is -2.08. The van der Waals surface area contributed by atoms with E-state index in [-0.39, 0.29) is 6.04 Å². The SMILES string of the molecule is Cc1cc2c(NC(C)c3ccc(-n4cc(C5CC5)nn4)cc3)ncnc2o1. The predicted molar refractivity (Wildman–Crippen MR) is 102 cm³/mol. The van der Waals surface area contributed by atoms with Gasteiger partial charge in [0.1, 0.15) is 17.9 Å². The summed E-state index contributed by atoms with van der Waals surface area (Å²) in [5, 5.41) is 12.9. The third-order valence-electron chi connectivity index (χ3n) is 4.97. The number of aryl methyl sites for hydroxylation is 1. The van der Waals surface area contributed by atoms with Gasteiger partial charge >= 0.3 is 0 Å². The summed E-state index contributed by atoms with van der Waals surface area (Å²) in [7, 11) is 0. The van der Waals surface area contributed by atoms with Gasteiger partial charge in [0.25, 0.3) is 0 Å². The van der Waals surface area contributed by atoms with Gasteiger partial charge in [0.05, 0.1) is 23.0 Å². The molecule has 0 bridgehead atoms. The highest BCUT2D eigenvalue weighted by molar-refractivity contribution is 5.86. The highest BCUT2D eigenvalue weighted by Crippen LogP contribution is 2.38. The van der Waals surface area contributed by atoms with Crippen LogP contribution in [-0.2, 0) is 0 Å². The molecule has 136 valence electrons. The Morgan fingerprint density at radius 1 is 1.19 bits per heavy atom. The molecule has 0 spiro atoms. The van der Waals surface area contributed by atoms with Crippen LogP contribution in [0.1, 0.15) is 48.7 Å². The molecule has 1 fully saturated rings. The van der Waals surface area contributed by atoms with E-state index in [1.807, 2.05) is 23.9 Å². The molecule has 1 saturated carbocycles. The van der Waals surface area contributed by atoms with Crippen molar-refractivity contribution in [1.82, 2.24) is 25.0 Å². The van der Waals surface area contributed by atoms with Crippen LogP contribution in [0.4, 0.5) is 5.82 Å². The Kier molecular flexibility index (Phi) is 3.67. The van der Waals surface area contributed by atoms with E-state index in [4.69, 9.17) is 4.42 Å². The van der Waals surface area contributed by atoms with Crippen LogP contribution in [0.2, 0.25) is 0 Å². The molecule has 4 aromatic rings. The highest BCUT2D eigenvalue weighted by Gasteiger charge is 2.26. The smallest absolute Gasteiger partial charge is 0.231 e. The van der Waals surface area contributed by atoms with Gasteiger partial charge in [0.2, 0.25) is 5.71 Å². The number of hydrogen-bond acceptors (Lipinski definition) is 6. The molecule has 1 aliphatic rings. The van der Waals surface area contributed by atoms with Crippen molar-refractivity contribution in [3.05, 3.63) is 59.9 Å². The summed E-state index contributed by atoms with van der Waals surface area (Å²) in [6.45, 7) is 4.02. The van der Waals surface area contributed by atoms with E-state index in [2.05, 4.69) is 56.8 Å². The van der Waals surface area contributed by atoms with Crippen LogP contribution >= 0.6 is 0 Å². The first-order valence-corrected chi connectivity index (χ1v) is 9.17. The molecule has 3 aromatic heterocycles. The van der Waals surface area contributed by atoms with Gasteiger partial charge in [-0.25, -0.2) is 14.6 Å². The van der Waals surface area contributed by atoms with E-state index in [0.717, 1.165) is 33.9 Å². The first kappa shape index (κ1) is 16.0. The van der Waals surface area contributed by atoms with Crippen molar-refractivity contribution in [2.75, 3.05) is 5.32 Å². The van der Waals surface area contributed by atoms with Crippen molar-refractivity contribution in [3.8, 4) is 5.69 Å². The average Bonchev–Trinajstić information content (AvgIpc) is 3.27. The van der Waals surface area contributed by atoms with Crippen LogP contribution < -0.4 is 5.32 Å². The fourth-order valence-electron chi connectivity index (χ4n) is 3.26. The molecule has 7 heteroatoms. The summed E-state index contributed by atoms with van der Waals surface area (Å²) in [6.07, 6.45) is 6.01. The Labute approximate surface area is 156 Å². The number of rotatable bonds is 5. The maximum absolute atomic E-state index is 5.58. The molecule has 0 aliphatic heterocycles. The number of aromatic nitrogens is 5. The zero-order valence-corrected chi connectivity index (χ0v) is 15.3.